The third-order valence-corrected chi connectivity index (χ3v) is 4.45. The van der Waals surface area contributed by atoms with Crippen molar-refractivity contribution in [3.8, 4) is 0 Å². The van der Waals surface area contributed by atoms with Crippen molar-refractivity contribution in [3.05, 3.63) is 34.3 Å². The summed E-state index contributed by atoms with van der Waals surface area (Å²) in [6, 6.07) is 8.21. The third-order valence-electron chi connectivity index (χ3n) is 3.92. The van der Waals surface area contributed by atoms with E-state index in [1.807, 2.05) is 12.1 Å². The quantitative estimate of drug-likeness (QED) is 0.874. The van der Waals surface area contributed by atoms with Crippen LogP contribution in [-0.2, 0) is 11.2 Å². The largest absolute Gasteiger partial charge is 0.356 e. The van der Waals surface area contributed by atoms with Crippen LogP contribution in [0.15, 0.2) is 28.7 Å². The number of rotatable bonds is 5. The van der Waals surface area contributed by atoms with Crippen LogP contribution in [0.1, 0.15) is 24.8 Å². The summed E-state index contributed by atoms with van der Waals surface area (Å²) in [5, 5.41) is 3.05. The molecule has 1 aliphatic rings. The number of hydrogen-bond donors (Lipinski definition) is 2. The Balaban J connectivity index is 1.76. The zero-order chi connectivity index (χ0) is 13.7. The fraction of sp³-hybridized carbons (Fsp3) is 0.533. The molecule has 0 unspecified atom stereocenters. The van der Waals surface area contributed by atoms with Gasteiger partial charge in [-0.1, -0.05) is 34.5 Å². The van der Waals surface area contributed by atoms with E-state index in [-0.39, 0.29) is 11.8 Å². The second kappa shape index (κ2) is 7.06. The molecule has 2 rings (SSSR count). The van der Waals surface area contributed by atoms with E-state index in [1.54, 1.807) is 0 Å². The monoisotopic (exact) mass is 324 g/mol. The highest BCUT2D eigenvalue weighted by atomic mass is 79.9. The molecule has 1 amide bonds. The van der Waals surface area contributed by atoms with Gasteiger partial charge in [0.15, 0.2) is 0 Å². The van der Waals surface area contributed by atoms with Gasteiger partial charge in [-0.2, -0.15) is 0 Å². The van der Waals surface area contributed by atoms with Crippen LogP contribution in [0.25, 0.3) is 0 Å². The minimum absolute atomic E-state index is 0.134. The molecule has 0 bridgehead atoms. The number of amides is 1. The van der Waals surface area contributed by atoms with Gasteiger partial charge in [-0.05, 0) is 49.4 Å². The predicted molar refractivity (Wildman–Crippen MR) is 80.7 cm³/mol. The van der Waals surface area contributed by atoms with Gasteiger partial charge in [0.25, 0.3) is 0 Å². The van der Waals surface area contributed by atoms with Gasteiger partial charge in [0.2, 0.25) is 5.91 Å². The van der Waals surface area contributed by atoms with Crippen LogP contribution in [0.3, 0.4) is 0 Å². The number of carbonyl (C=O) groups excluding carboxylic acids is 1. The first kappa shape index (κ1) is 14.5. The molecule has 1 aromatic rings. The number of benzene rings is 1. The highest BCUT2D eigenvalue weighted by Crippen LogP contribution is 2.30. The second-order valence-electron chi connectivity index (χ2n) is 5.20. The topological polar surface area (TPSA) is 55.1 Å². The van der Waals surface area contributed by atoms with Crippen molar-refractivity contribution in [2.75, 3.05) is 13.1 Å². The molecular formula is C15H21BrN2O. The number of carbonyl (C=O) groups is 1. The maximum absolute atomic E-state index is 12.1. The molecule has 1 fully saturated rings. The van der Waals surface area contributed by atoms with Crippen LogP contribution in [0, 0.1) is 11.8 Å². The predicted octanol–water partition coefficient (Wildman–Crippen LogP) is 2.48. The molecule has 0 aliphatic heterocycles. The first-order chi connectivity index (χ1) is 9.20. The van der Waals surface area contributed by atoms with Crippen molar-refractivity contribution in [2.45, 2.75) is 25.7 Å². The minimum Gasteiger partial charge on any atom is -0.356 e. The summed E-state index contributed by atoms with van der Waals surface area (Å²) in [6.07, 6.45) is 4.10. The Hall–Kier alpha value is -0.870. The fourth-order valence-electron chi connectivity index (χ4n) is 2.78. The molecule has 0 aromatic heterocycles. The molecule has 2 atom stereocenters. The molecule has 19 heavy (non-hydrogen) atoms. The molecule has 0 saturated heterocycles. The van der Waals surface area contributed by atoms with Crippen molar-refractivity contribution in [2.24, 2.45) is 17.6 Å². The molecular weight excluding hydrogens is 304 g/mol. The molecule has 1 saturated carbocycles. The van der Waals surface area contributed by atoms with Crippen molar-refractivity contribution < 1.29 is 4.79 Å². The molecule has 3 nitrogen and oxygen atoms in total. The van der Waals surface area contributed by atoms with E-state index >= 15 is 0 Å². The SMILES string of the molecule is NC[C@H]1CCC[C@H]1C(=O)NCCc1ccc(Br)cc1. The van der Waals surface area contributed by atoms with E-state index in [4.69, 9.17) is 5.73 Å². The van der Waals surface area contributed by atoms with Crippen LogP contribution in [0.5, 0.6) is 0 Å². The number of nitrogens with one attached hydrogen (secondary N) is 1. The van der Waals surface area contributed by atoms with Gasteiger partial charge in [0, 0.05) is 16.9 Å². The summed E-state index contributed by atoms with van der Waals surface area (Å²) in [6.45, 7) is 1.33. The summed E-state index contributed by atoms with van der Waals surface area (Å²) in [5.41, 5.74) is 6.95. The van der Waals surface area contributed by atoms with Gasteiger partial charge < -0.3 is 11.1 Å². The van der Waals surface area contributed by atoms with Crippen LogP contribution < -0.4 is 11.1 Å². The standard InChI is InChI=1S/C15H21BrN2O/c16-13-6-4-11(5-7-13)8-9-18-15(19)14-3-1-2-12(14)10-17/h4-7,12,14H,1-3,8-10,17H2,(H,18,19)/t12-,14-/m1/s1. The molecule has 4 heteroatoms. The van der Waals surface area contributed by atoms with Crippen LogP contribution >= 0.6 is 15.9 Å². The molecule has 104 valence electrons. The molecule has 1 aliphatic carbocycles. The number of hydrogen-bond acceptors (Lipinski definition) is 2. The molecule has 1 aromatic carbocycles. The van der Waals surface area contributed by atoms with Crippen molar-refractivity contribution in [1.82, 2.24) is 5.32 Å². The van der Waals surface area contributed by atoms with Gasteiger partial charge >= 0.3 is 0 Å². The Morgan fingerprint density at radius 1 is 1.32 bits per heavy atom. The summed E-state index contributed by atoms with van der Waals surface area (Å²) >= 11 is 3.41. The third kappa shape index (κ3) is 4.05. The Labute approximate surface area is 123 Å². The average molecular weight is 325 g/mol. The highest BCUT2D eigenvalue weighted by molar-refractivity contribution is 9.10. The van der Waals surface area contributed by atoms with E-state index in [1.165, 1.54) is 5.56 Å². The van der Waals surface area contributed by atoms with Crippen LogP contribution in [0.2, 0.25) is 0 Å². The first-order valence-corrected chi connectivity index (χ1v) is 7.72. The number of nitrogens with two attached hydrogens (primary N) is 1. The molecule has 0 heterocycles. The maximum Gasteiger partial charge on any atom is 0.223 e. The highest BCUT2D eigenvalue weighted by Gasteiger charge is 2.31. The van der Waals surface area contributed by atoms with E-state index in [0.29, 0.717) is 19.0 Å². The van der Waals surface area contributed by atoms with Crippen molar-refractivity contribution in [3.63, 3.8) is 0 Å². The van der Waals surface area contributed by atoms with E-state index in [2.05, 4.69) is 33.4 Å². The van der Waals surface area contributed by atoms with Gasteiger partial charge in [0.1, 0.15) is 0 Å². The summed E-state index contributed by atoms with van der Waals surface area (Å²) in [4.78, 5) is 12.1. The van der Waals surface area contributed by atoms with Gasteiger partial charge in [-0.25, -0.2) is 0 Å². The lowest BCUT2D eigenvalue weighted by Gasteiger charge is -2.17. The molecule has 0 spiro atoms. The van der Waals surface area contributed by atoms with E-state index < -0.39 is 0 Å². The molecule has 0 radical (unpaired) electrons. The minimum atomic E-state index is 0.134. The van der Waals surface area contributed by atoms with Gasteiger partial charge in [-0.15, -0.1) is 0 Å². The maximum atomic E-state index is 12.1. The van der Waals surface area contributed by atoms with E-state index in [0.717, 1.165) is 30.2 Å². The van der Waals surface area contributed by atoms with Crippen molar-refractivity contribution >= 4 is 21.8 Å². The first-order valence-electron chi connectivity index (χ1n) is 6.93. The number of halogens is 1. The van der Waals surface area contributed by atoms with Crippen LogP contribution in [0.4, 0.5) is 0 Å². The van der Waals surface area contributed by atoms with Crippen LogP contribution in [-0.4, -0.2) is 19.0 Å². The van der Waals surface area contributed by atoms with E-state index in [9.17, 15) is 4.79 Å². The zero-order valence-electron chi connectivity index (χ0n) is 11.1. The fourth-order valence-corrected chi connectivity index (χ4v) is 3.04. The summed E-state index contributed by atoms with van der Waals surface area (Å²) in [7, 11) is 0. The normalized spacial score (nSPS) is 22.4. The Kier molecular flexibility index (Phi) is 5.40. The van der Waals surface area contributed by atoms with Gasteiger partial charge in [-0.3, -0.25) is 4.79 Å². The lowest BCUT2D eigenvalue weighted by atomic mass is 9.95. The Morgan fingerprint density at radius 2 is 2.05 bits per heavy atom. The Morgan fingerprint density at radius 3 is 2.74 bits per heavy atom. The average Bonchev–Trinajstić information content (AvgIpc) is 2.89. The smallest absolute Gasteiger partial charge is 0.223 e. The Bertz CT molecular complexity index is 419. The second-order valence-corrected chi connectivity index (χ2v) is 6.12. The lowest BCUT2D eigenvalue weighted by Crippen LogP contribution is -2.36. The lowest BCUT2D eigenvalue weighted by molar-refractivity contribution is -0.125. The summed E-state index contributed by atoms with van der Waals surface area (Å²) < 4.78 is 1.08. The van der Waals surface area contributed by atoms with Gasteiger partial charge in [0.05, 0.1) is 0 Å². The zero-order valence-corrected chi connectivity index (χ0v) is 12.7. The molecule has 3 N–H and O–H groups in total. The van der Waals surface area contributed by atoms with Crippen molar-refractivity contribution in [1.29, 1.82) is 0 Å². The summed E-state index contributed by atoms with van der Waals surface area (Å²) in [5.74, 6) is 0.702.